The van der Waals surface area contributed by atoms with Gasteiger partial charge in [-0.2, -0.15) is 0 Å². The second-order valence-electron chi connectivity index (χ2n) is 7.10. The Kier molecular flexibility index (Phi) is 6.49. The number of likely N-dealkylation sites (tertiary alicyclic amines) is 1. The third kappa shape index (κ3) is 4.96. The van der Waals surface area contributed by atoms with E-state index in [1.54, 1.807) is 0 Å². The average Bonchev–Trinajstić information content (AvgIpc) is 2.52. The van der Waals surface area contributed by atoms with Crippen LogP contribution in [0.15, 0.2) is 0 Å². The Morgan fingerprint density at radius 1 is 1.29 bits per heavy atom. The SMILES string of the molecule is CCN1CCC(CNC(=O)C(C)C2CCCC(N)C2)CC1. The Hall–Kier alpha value is -0.610. The maximum atomic E-state index is 12.3. The van der Waals surface area contributed by atoms with Crippen LogP contribution in [0.2, 0.25) is 0 Å². The molecule has 0 bridgehead atoms. The van der Waals surface area contributed by atoms with Crippen molar-refractivity contribution in [2.24, 2.45) is 23.5 Å². The minimum absolute atomic E-state index is 0.118. The van der Waals surface area contributed by atoms with Crippen LogP contribution in [-0.4, -0.2) is 43.0 Å². The molecule has 3 unspecified atom stereocenters. The average molecular weight is 295 g/mol. The molecule has 0 spiro atoms. The van der Waals surface area contributed by atoms with Crippen molar-refractivity contribution in [1.29, 1.82) is 0 Å². The zero-order valence-corrected chi connectivity index (χ0v) is 13.8. The molecule has 3 N–H and O–H groups in total. The standard InChI is InChI=1S/C17H33N3O/c1-3-20-9-7-14(8-10-20)12-19-17(21)13(2)15-5-4-6-16(18)11-15/h13-16H,3-12,18H2,1-2H3,(H,19,21). The molecule has 1 heterocycles. The molecule has 0 aromatic rings. The Labute approximate surface area is 129 Å². The van der Waals surface area contributed by atoms with Crippen LogP contribution in [0.25, 0.3) is 0 Å². The van der Waals surface area contributed by atoms with Crippen LogP contribution in [0, 0.1) is 17.8 Å². The van der Waals surface area contributed by atoms with Crippen molar-refractivity contribution >= 4 is 5.91 Å². The molecule has 1 aliphatic heterocycles. The van der Waals surface area contributed by atoms with E-state index in [0.717, 1.165) is 32.4 Å². The molecule has 0 aromatic carbocycles. The van der Waals surface area contributed by atoms with E-state index in [1.807, 2.05) is 0 Å². The van der Waals surface area contributed by atoms with E-state index >= 15 is 0 Å². The summed E-state index contributed by atoms with van der Waals surface area (Å²) in [5, 5.41) is 3.20. The van der Waals surface area contributed by atoms with Gasteiger partial charge in [0.15, 0.2) is 0 Å². The van der Waals surface area contributed by atoms with Crippen molar-refractivity contribution < 1.29 is 4.79 Å². The van der Waals surface area contributed by atoms with Crippen LogP contribution in [0.5, 0.6) is 0 Å². The van der Waals surface area contributed by atoms with E-state index < -0.39 is 0 Å². The first-order valence-electron chi connectivity index (χ1n) is 8.85. The predicted molar refractivity (Wildman–Crippen MR) is 86.9 cm³/mol. The van der Waals surface area contributed by atoms with Gasteiger partial charge in [-0.15, -0.1) is 0 Å². The van der Waals surface area contributed by atoms with E-state index in [9.17, 15) is 4.79 Å². The highest BCUT2D eigenvalue weighted by molar-refractivity contribution is 5.78. The smallest absolute Gasteiger partial charge is 0.223 e. The summed E-state index contributed by atoms with van der Waals surface area (Å²) in [5.41, 5.74) is 6.04. The van der Waals surface area contributed by atoms with Crippen molar-refractivity contribution in [2.75, 3.05) is 26.2 Å². The van der Waals surface area contributed by atoms with Gasteiger partial charge in [0.05, 0.1) is 0 Å². The van der Waals surface area contributed by atoms with Crippen molar-refractivity contribution in [3.8, 4) is 0 Å². The Morgan fingerprint density at radius 3 is 2.62 bits per heavy atom. The van der Waals surface area contributed by atoms with Crippen molar-refractivity contribution in [3.05, 3.63) is 0 Å². The van der Waals surface area contributed by atoms with E-state index in [1.165, 1.54) is 32.4 Å². The molecule has 0 aromatic heterocycles. The van der Waals surface area contributed by atoms with Gasteiger partial charge < -0.3 is 16.0 Å². The molecule has 21 heavy (non-hydrogen) atoms. The topological polar surface area (TPSA) is 58.4 Å². The summed E-state index contributed by atoms with van der Waals surface area (Å²) in [6.07, 6.45) is 6.92. The number of carbonyl (C=O) groups is 1. The number of nitrogens with one attached hydrogen (secondary N) is 1. The van der Waals surface area contributed by atoms with Gasteiger partial charge in [0, 0.05) is 18.5 Å². The molecule has 2 rings (SSSR count). The van der Waals surface area contributed by atoms with Crippen LogP contribution in [0.3, 0.4) is 0 Å². The van der Waals surface area contributed by atoms with Crippen LogP contribution in [0.4, 0.5) is 0 Å². The first-order chi connectivity index (χ1) is 10.1. The number of carbonyl (C=O) groups excluding carboxylic acids is 1. The molecule has 1 aliphatic carbocycles. The number of rotatable bonds is 5. The van der Waals surface area contributed by atoms with E-state index in [0.29, 0.717) is 17.9 Å². The highest BCUT2D eigenvalue weighted by Gasteiger charge is 2.29. The molecule has 1 saturated carbocycles. The van der Waals surface area contributed by atoms with Crippen molar-refractivity contribution in [3.63, 3.8) is 0 Å². The number of hydrogen-bond acceptors (Lipinski definition) is 3. The number of hydrogen-bond donors (Lipinski definition) is 2. The van der Waals surface area contributed by atoms with Gasteiger partial charge in [-0.05, 0) is 63.6 Å². The molecule has 122 valence electrons. The number of nitrogens with two attached hydrogens (primary N) is 1. The summed E-state index contributed by atoms with van der Waals surface area (Å²) in [6.45, 7) is 8.68. The molecule has 0 radical (unpaired) electrons. The molecule has 1 saturated heterocycles. The highest BCUT2D eigenvalue weighted by Crippen LogP contribution is 2.29. The zero-order valence-electron chi connectivity index (χ0n) is 13.8. The van der Waals surface area contributed by atoms with Crippen LogP contribution in [-0.2, 0) is 4.79 Å². The molecule has 2 aliphatic rings. The Bertz CT molecular complexity index is 326. The van der Waals surface area contributed by atoms with Crippen molar-refractivity contribution in [2.45, 2.75) is 58.4 Å². The van der Waals surface area contributed by atoms with E-state index in [2.05, 4.69) is 24.1 Å². The largest absolute Gasteiger partial charge is 0.356 e. The van der Waals surface area contributed by atoms with Gasteiger partial charge >= 0.3 is 0 Å². The second kappa shape index (κ2) is 8.14. The normalized spacial score (nSPS) is 30.0. The highest BCUT2D eigenvalue weighted by atomic mass is 16.1. The molecule has 2 fully saturated rings. The van der Waals surface area contributed by atoms with Crippen LogP contribution in [0.1, 0.15) is 52.4 Å². The minimum atomic E-state index is 0.118. The lowest BCUT2D eigenvalue weighted by molar-refractivity contribution is -0.126. The molecule has 1 amide bonds. The summed E-state index contributed by atoms with van der Waals surface area (Å²) in [5.74, 6) is 1.51. The molecule has 4 heteroatoms. The summed E-state index contributed by atoms with van der Waals surface area (Å²) in [6, 6.07) is 0.303. The van der Waals surface area contributed by atoms with Gasteiger partial charge in [-0.1, -0.05) is 20.3 Å². The van der Waals surface area contributed by atoms with Gasteiger partial charge in [0.25, 0.3) is 0 Å². The third-order valence-corrected chi connectivity index (χ3v) is 5.60. The van der Waals surface area contributed by atoms with Crippen LogP contribution >= 0.6 is 0 Å². The lowest BCUT2D eigenvalue weighted by Crippen LogP contribution is -2.42. The number of piperidine rings is 1. The molecule has 4 nitrogen and oxygen atoms in total. The van der Waals surface area contributed by atoms with Gasteiger partial charge in [0.2, 0.25) is 5.91 Å². The third-order valence-electron chi connectivity index (χ3n) is 5.60. The van der Waals surface area contributed by atoms with E-state index in [4.69, 9.17) is 5.73 Å². The first-order valence-corrected chi connectivity index (χ1v) is 8.85. The maximum absolute atomic E-state index is 12.3. The fourth-order valence-electron chi connectivity index (χ4n) is 3.85. The fourth-order valence-corrected chi connectivity index (χ4v) is 3.85. The lowest BCUT2D eigenvalue weighted by atomic mass is 9.78. The summed E-state index contributed by atoms with van der Waals surface area (Å²) >= 11 is 0. The Balaban J connectivity index is 1.69. The second-order valence-corrected chi connectivity index (χ2v) is 7.10. The number of amides is 1. The zero-order chi connectivity index (χ0) is 15.2. The van der Waals surface area contributed by atoms with E-state index in [-0.39, 0.29) is 11.8 Å². The Morgan fingerprint density at radius 2 is 2.00 bits per heavy atom. The summed E-state index contributed by atoms with van der Waals surface area (Å²) < 4.78 is 0. The fraction of sp³-hybridized carbons (Fsp3) is 0.941. The molecule has 3 atom stereocenters. The lowest BCUT2D eigenvalue weighted by Gasteiger charge is -2.33. The molecular weight excluding hydrogens is 262 g/mol. The first kappa shape index (κ1) is 16.8. The predicted octanol–water partition coefficient (Wildman–Crippen LogP) is 1.99. The van der Waals surface area contributed by atoms with Gasteiger partial charge in [-0.25, -0.2) is 0 Å². The maximum Gasteiger partial charge on any atom is 0.223 e. The van der Waals surface area contributed by atoms with Gasteiger partial charge in [0.1, 0.15) is 0 Å². The van der Waals surface area contributed by atoms with Crippen molar-refractivity contribution in [1.82, 2.24) is 10.2 Å². The quantitative estimate of drug-likeness (QED) is 0.815. The molecular formula is C17H33N3O. The summed E-state index contributed by atoms with van der Waals surface area (Å²) in [7, 11) is 0. The summed E-state index contributed by atoms with van der Waals surface area (Å²) in [4.78, 5) is 14.8. The number of nitrogens with zero attached hydrogens (tertiary/aromatic N) is 1. The monoisotopic (exact) mass is 295 g/mol. The van der Waals surface area contributed by atoms with Gasteiger partial charge in [-0.3, -0.25) is 4.79 Å². The minimum Gasteiger partial charge on any atom is -0.356 e. The van der Waals surface area contributed by atoms with Crippen LogP contribution < -0.4 is 11.1 Å².